The maximum absolute atomic E-state index is 14.7. The highest BCUT2D eigenvalue weighted by molar-refractivity contribution is 5.99. The fraction of sp³-hybridized carbons (Fsp3) is 0.516. The molecule has 1 N–H and O–H groups in total. The molecular weight excluding hydrogens is 479 g/mol. The number of nitrogens with zero attached hydrogens (tertiary/aromatic N) is 4. The molecule has 1 saturated carbocycles. The summed E-state index contributed by atoms with van der Waals surface area (Å²) in [6.45, 7) is 11.0. The second kappa shape index (κ2) is 10.7. The van der Waals surface area contributed by atoms with Crippen LogP contribution >= 0.6 is 0 Å². The van der Waals surface area contributed by atoms with Crippen LogP contribution in [0.2, 0.25) is 0 Å². The number of carboxylic acids is 1. The fourth-order valence-corrected chi connectivity index (χ4v) is 6.97. The first-order chi connectivity index (χ1) is 18.5. The Hall–Kier alpha value is -2.90. The van der Waals surface area contributed by atoms with Gasteiger partial charge in [0.2, 0.25) is 0 Å². The molecule has 0 bridgehead atoms. The number of anilines is 1. The Kier molecular flexibility index (Phi) is 7.14. The Labute approximate surface area is 224 Å². The van der Waals surface area contributed by atoms with Gasteiger partial charge >= 0.3 is 5.97 Å². The first kappa shape index (κ1) is 25.4. The molecule has 38 heavy (non-hydrogen) atoms. The van der Waals surface area contributed by atoms with Gasteiger partial charge in [-0.25, -0.2) is 9.18 Å². The van der Waals surface area contributed by atoms with E-state index in [1.807, 2.05) is 18.2 Å². The van der Waals surface area contributed by atoms with Crippen LogP contribution in [0.15, 0.2) is 36.4 Å². The maximum Gasteiger partial charge on any atom is 0.335 e. The van der Waals surface area contributed by atoms with Crippen LogP contribution in [-0.2, 0) is 6.54 Å². The molecule has 6 nitrogen and oxygen atoms in total. The van der Waals surface area contributed by atoms with E-state index >= 15 is 0 Å². The van der Waals surface area contributed by atoms with E-state index in [1.54, 1.807) is 18.2 Å². The van der Waals surface area contributed by atoms with Gasteiger partial charge in [0.1, 0.15) is 5.82 Å². The maximum atomic E-state index is 14.7. The first-order valence-corrected chi connectivity index (χ1v) is 14.4. The largest absolute Gasteiger partial charge is 0.478 e. The van der Waals surface area contributed by atoms with Crippen LogP contribution in [0.4, 0.5) is 10.1 Å². The van der Waals surface area contributed by atoms with Gasteiger partial charge in [0.25, 0.3) is 0 Å². The number of carbonyl (C=O) groups is 1. The fourth-order valence-electron chi connectivity index (χ4n) is 6.97. The van der Waals surface area contributed by atoms with Gasteiger partial charge in [0.15, 0.2) is 0 Å². The van der Waals surface area contributed by atoms with Crippen LogP contribution in [0.1, 0.15) is 60.9 Å². The van der Waals surface area contributed by atoms with Crippen LogP contribution in [0.25, 0.3) is 22.2 Å². The summed E-state index contributed by atoms with van der Waals surface area (Å²) in [6, 6.07) is 10.9. The highest BCUT2D eigenvalue weighted by atomic mass is 19.1. The SMILES string of the molecule is CCN1CCN(CCN2CCn3c(c(C4CCCCC4)c4ccc(C(=O)O)cc43)-c3ccc(F)cc32)CC1. The molecule has 1 aromatic heterocycles. The highest BCUT2D eigenvalue weighted by Gasteiger charge is 2.31. The average Bonchev–Trinajstić information content (AvgIpc) is 3.18. The molecule has 0 atom stereocenters. The molecule has 6 rings (SSSR count). The Bertz CT molecular complexity index is 1320. The number of hydrogen-bond acceptors (Lipinski definition) is 4. The lowest BCUT2D eigenvalue weighted by atomic mass is 9.81. The second-order valence-electron chi connectivity index (χ2n) is 11.2. The number of fused-ring (bicyclic) bond motifs is 5. The van der Waals surface area contributed by atoms with Crippen molar-refractivity contribution in [3.8, 4) is 11.3 Å². The van der Waals surface area contributed by atoms with Gasteiger partial charge in [-0.15, -0.1) is 0 Å². The summed E-state index contributed by atoms with van der Waals surface area (Å²) in [7, 11) is 0. The standard InChI is InChI=1S/C31H39FN4O2/c1-2-33-12-14-34(15-13-33)16-17-35-18-19-36-28-20-23(31(37)38)8-10-25(28)29(22-6-4-3-5-7-22)30(36)26-11-9-24(32)21-27(26)35/h8-11,20-22H,2-7,12-19H2,1H3,(H,37,38). The van der Waals surface area contributed by atoms with Gasteiger partial charge in [-0.05, 0) is 61.2 Å². The molecular formula is C31H39FN4O2. The predicted octanol–water partition coefficient (Wildman–Crippen LogP) is 5.65. The van der Waals surface area contributed by atoms with Gasteiger partial charge < -0.3 is 19.5 Å². The Morgan fingerprint density at radius 2 is 1.68 bits per heavy atom. The number of benzene rings is 2. The van der Waals surface area contributed by atoms with Gasteiger partial charge in [-0.1, -0.05) is 32.3 Å². The zero-order chi connectivity index (χ0) is 26.2. The number of aromatic nitrogens is 1. The molecule has 2 fully saturated rings. The van der Waals surface area contributed by atoms with Crippen LogP contribution < -0.4 is 4.90 Å². The molecule has 1 aliphatic carbocycles. The topological polar surface area (TPSA) is 52.0 Å². The van der Waals surface area contributed by atoms with Crippen molar-refractivity contribution in [2.75, 3.05) is 57.3 Å². The van der Waals surface area contributed by atoms with E-state index < -0.39 is 5.97 Å². The van der Waals surface area contributed by atoms with E-state index in [4.69, 9.17) is 0 Å². The van der Waals surface area contributed by atoms with Gasteiger partial charge in [0, 0.05) is 74.5 Å². The minimum Gasteiger partial charge on any atom is -0.478 e. The Morgan fingerprint density at radius 3 is 2.42 bits per heavy atom. The molecule has 3 aromatic rings. The van der Waals surface area contributed by atoms with E-state index in [0.717, 1.165) is 93.9 Å². The molecule has 0 spiro atoms. The molecule has 2 aliphatic heterocycles. The van der Waals surface area contributed by atoms with Gasteiger partial charge in [-0.2, -0.15) is 0 Å². The molecule has 3 aliphatic rings. The lowest BCUT2D eigenvalue weighted by Gasteiger charge is -2.35. The summed E-state index contributed by atoms with van der Waals surface area (Å²) in [5, 5.41) is 10.9. The number of hydrogen-bond donors (Lipinski definition) is 1. The third kappa shape index (κ3) is 4.71. The van der Waals surface area contributed by atoms with E-state index in [0.29, 0.717) is 11.5 Å². The van der Waals surface area contributed by atoms with Crippen LogP contribution in [0, 0.1) is 5.82 Å². The zero-order valence-electron chi connectivity index (χ0n) is 22.5. The van der Waals surface area contributed by atoms with Gasteiger partial charge in [0.05, 0.1) is 11.3 Å². The number of rotatable bonds is 6. The van der Waals surface area contributed by atoms with Crippen LogP contribution in [-0.4, -0.2) is 77.8 Å². The predicted molar refractivity (Wildman–Crippen MR) is 151 cm³/mol. The molecule has 0 radical (unpaired) electrons. The van der Waals surface area contributed by atoms with E-state index in [2.05, 4.69) is 26.2 Å². The Morgan fingerprint density at radius 1 is 0.921 bits per heavy atom. The molecule has 202 valence electrons. The van der Waals surface area contributed by atoms with Crippen molar-refractivity contribution < 1.29 is 14.3 Å². The van der Waals surface area contributed by atoms with Crippen molar-refractivity contribution in [3.05, 3.63) is 53.3 Å². The molecule has 2 aromatic carbocycles. The minimum absolute atomic E-state index is 0.206. The number of aromatic carboxylic acids is 1. The summed E-state index contributed by atoms with van der Waals surface area (Å²) in [6.07, 6.45) is 6.01. The van der Waals surface area contributed by atoms with Crippen molar-refractivity contribution in [1.29, 1.82) is 0 Å². The second-order valence-corrected chi connectivity index (χ2v) is 11.2. The summed E-state index contributed by atoms with van der Waals surface area (Å²) in [5.74, 6) is -0.665. The third-order valence-electron chi connectivity index (χ3n) is 9.11. The number of halogens is 1. The molecule has 1 saturated heterocycles. The number of carboxylic acid groups (broad SMARTS) is 1. The van der Waals surface area contributed by atoms with Gasteiger partial charge in [-0.3, -0.25) is 4.90 Å². The van der Waals surface area contributed by atoms with E-state index in [-0.39, 0.29) is 5.82 Å². The lowest BCUT2D eigenvalue weighted by Crippen LogP contribution is -2.48. The monoisotopic (exact) mass is 518 g/mol. The molecule has 3 heterocycles. The minimum atomic E-state index is -0.900. The molecule has 7 heteroatoms. The summed E-state index contributed by atoms with van der Waals surface area (Å²) in [4.78, 5) is 19.3. The smallest absolute Gasteiger partial charge is 0.335 e. The summed E-state index contributed by atoms with van der Waals surface area (Å²) < 4.78 is 17.1. The van der Waals surface area contributed by atoms with E-state index in [1.165, 1.54) is 30.5 Å². The van der Waals surface area contributed by atoms with Crippen LogP contribution in [0.3, 0.4) is 0 Å². The number of piperazine rings is 1. The summed E-state index contributed by atoms with van der Waals surface area (Å²) in [5.41, 5.74) is 5.86. The normalized spacial score (nSPS) is 19.4. The van der Waals surface area contributed by atoms with Crippen molar-refractivity contribution in [2.45, 2.75) is 51.5 Å². The average molecular weight is 519 g/mol. The molecule has 0 unspecified atom stereocenters. The highest BCUT2D eigenvalue weighted by Crippen LogP contribution is 2.47. The molecule has 0 amide bonds. The van der Waals surface area contributed by atoms with Crippen molar-refractivity contribution in [1.82, 2.24) is 14.4 Å². The van der Waals surface area contributed by atoms with Crippen molar-refractivity contribution in [2.24, 2.45) is 0 Å². The first-order valence-electron chi connectivity index (χ1n) is 14.4. The van der Waals surface area contributed by atoms with E-state index in [9.17, 15) is 14.3 Å². The number of likely N-dealkylation sites (N-methyl/N-ethyl adjacent to an activating group) is 1. The van der Waals surface area contributed by atoms with Crippen LogP contribution in [0.5, 0.6) is 0 Å². The zero-order valence-corrected chi connectivity index (χ0v) is 22.5. The summed E-state index contributed by atoms with van der Waals surface area (Å²) >= 11 is 0. The quantitative estimate of drug-likeness (QED) is 0.457. The van der Waals surface area contributed by atoms with Crippen molar-refractivity contribution in [3.63, 3.8) is 0 Å². The Balaban J connectivity index is 1.42. The third-order valence-corrected chi connectivity index (χ3v) is 9.11. The lowest BCUT2D eigenvalue weighted by molar-refractivity contribution is 0.0697. The van der Waals surface area contributed by atoms with Crippen molar-refractivity contribution >= 4 is 22.6 Å².